The molecule has 3 saturated carbocycles. The average Bonchev–Trinajstić information content (AvgIpc) is 3.44. The fourth-order valence-corrected chi connectivity index (χ4v) is 8.89. The molecule has 0 unspecified atom stereocenters. The van der Waals surface area contributed by atoms with E-state index in [0.717, 1.165) is 37.8 Å². The number of hydrogen-bond acceptors (Lipinski definition) is 5. The Morgan fingerprint density at radius 1 is 1.09 bits per heavy atom. The molecule has 1 heterocycles. The zero-order chi connectivity index (χ0) is 25.0. The minimum absolute atomic E-state index is 0.178. The van der Waals surface area contributed by atoms with E-state index in [1.165, 1.54) is 29.7 Å². The molecule has 1 aliphatic heterocycles. The molecule has 0 radical (unpaired) electrons. The predicted octanol–water partition coefficient (Wildman–Crippen LogP) is 4.60. The molecule has 0 bridgehead atoms. The van der Waals surface area contributed by atoms with Crippen LogP contribution in [0.1, 0.15) is 85.0 Å². The Bertz CT molecular complexity index is 972. The zero-order valence-electron chi connectivity index (χ0n) is 21.4. The number of carboxylic acid groups (broad SMARTS) is 1. The number of rotatable bonds is 5. The molecule has 0 spiro atoms. The van der Waals surface area contributed by atoms with Gasteiger partial charge in [0, 0.05) is 12.5 Å². The fourth-order valence-electron chi connectivity index (χ4n) is 8.89. The van der Waals surface area contributed by atoms with Crippen molar-refractivity contribution in [2.75, 3.05) is 13.2 Å². The summed E-state index contributed by atoms with van der Waals surface area (Å²) < 4.78 is 0. The van der Waals surface area contributed by atoms with E-state index in [2.05, 4.69) is 25.1 Å². The standard InChI is InChI=1S/C28H40N2O5/c1-17(31)21-8-9-22-20-7-6-18-15-19(10-12-27(18,2)23(20)11-13-28(21,22)3)29-35-16-25(32)30-14-4-5-24(30)26(33)34/h15,20-24H,4-14,16H2,1-3H3,(H,33,34)/t20-,21-,22-,23-,24+,27-,28+/m0/s1. The van der Waals surface area contributed by atoms with Crippen LogP contribution in [0.25, 0.3) is 0 Å². The molecule has 7 nitrogen and oxygen atoms in total. The maximum Gasteiger partial charge on any atom is 0.326 e. The lowest BCUT2D eigenvalue weighted by atomic mass is 9.46. The highest BCUT2D eigenvalue weighted by Crippen LogP contribution is 2.66. The summed E-state index contributed by atoms with van der Waals surface area (Å²) in [6.07, 6.45) is 12.2. The Labute approximate surface area is 208 Å². The normalized spacial score (nSPS) is 41.6. The van der Waals surface area contributed by atoms with Crippen LogP contribution in [0.5, 0.6) is 0 Å². The number of fused-ring (bicyclic) bond motifs is 5. The molecule has 5 rings (SSSR count). The van der Waals surface area contributed by atoms with E-state index in [1.807, 2.05) is 0 Å². The van der Waals surface area contributed by atoms with Gasteiger partial charge in [0.25, 0.3) is 5.91 Å². The van der Waals surface area contributed by atoms with Crippen molar-refractivity contribution in [3.63, 3.8) is 0 Å². The Kier molecular flexibility index (Phi) is 6.33. The van der Waals surface area contributed by atoms with Crippen molar-refractivity contribution in [3.05, 3.63) is 11.6 Å². The summed E-state index contributed by atoms with van der Waals surface area (Å²) in [6, 6.07) is -0.741. The van der Waals surface area contributed by atoms with Crippen molar-refractivity contribution in [2.24, 2.45) is 39.7 Å². The Morgan fingerprint density at radius 3 is 2.63 bits per heavy atom. The predicted molar refractivity (Wildman–Crippen MR) is 132 cm³/mol. The molecule has 5 aliphatic rings. The van der Waals surface area contributed by atoms with Gasteiger partial charge in [-0.3, -0.25) is 9.59 Å². The lowest BCUT2D eigenvalue weighted by Gasteiger charge is -2.58. The maximum atomic E-state index is 12.5. The van der Waals surface area contributed by atoms with Crippen LogP contribution < -0.4 is 0 Å². The Morgan fingerprint density at radius 2 is 1.89 bits per heavy atom. The summed E-state index contributed by atoms with van der Waals surface area (Å²) in [5.74, 6) is 1.41. The first-order valence-electron chi connectivity index (χ1n) is 13.6. The quantitative estimate of drug-likeness (QED) is 0.575. The summed E-state index contributed by atoms with van der Waals surface area (Å²) in [7, 11) is 0. The number of Topliss-reactive ketones (excluding diaryl/α,β-unsaturated/α-hetero) is 1. The number of likely N-dealkylation sites (tertiary alicyclic amines) is 1. The largest absolute Gasteiger partial charge is 0.480 e. The molecular weight excluding hydrogens is 444 g/mol. The first-order valence-corrected chi connectivity index (χ1v) is 13.6. The highest BCUT2D eigenvalue weighted by Gasteiger charge is 2.59. The maximum absolute atomic E-state index is 12.5. The first-order chi connectivity index (χ1) is 16.6. The van der Waals surface area contributed by atoms with Crippen molar-refractivity contribution in [1.82, 2.24) is 4.90 Å². The van der Waals surface area contributed by atoms with E-state index >= 15 is 0 Å². The molecule has 0 aromatic carbocycles. The zero-order valence-corrected chi connectivity index (χ0v) is 21.4. The van der Waals surface area contributed by atoms with Crippen LogP contribution in [0, 0.1) is 34.5 Å². The van der Waals surface area contributed by atoms with Crippen molar-refractivity contribution in [1.29, 1.82) is 0 Å². The van der Waals surface area contributed by atoms with Gasteiger partial charge in [0.15, 0.2) is 6.61 Å². The van der Waals surface area contributed by atoms with Crippen LogP contribution in [-0.2, 0) is 19.2 Å². The van der Waals surface area contributed by atoms with Crippen LogP contribution in [0.3, 0.4) is 0 Å². The number of carbonyl (C=O) groups excluding carboxylic acids is 2. The van der Waals surface area contributed by atoms with Crippen LogP contribution in [-0.4, -0.2) is 52.6 Å². The van der Waals surface area contributed by atoms with E-state index in [-0.39, 0.29) is 29.3 Å². The first kappa shape index (κ1) is 24.5. The molecule has 7 heteroatoms. The highest BCUT2D eigenvalue weighted by atomic mass is 16.6. The smallest absolute Gasteiger partial charge is 0.326 e. The molecule has 4 fully saturated rings. The van der Waals surface area contributed by atoms with Crippen molar-refractivity contribution in [2.45, 2.75) is 91.0 Å². The molecule has 0 aromatic rings. The third kappa shape index (κ3) is 4.03. The summed E-state index contributed by atoms with van der Waals surface area (Å²) in [5.41, 5.74) is 2.71. The molecule has 1 saturated heterocycles. The van der Waals surface area contributed by atoms with E-state index in [1.54, 1.807) is 6.92 Å². The van der Waals surface area contributed by atoms with Gasteiger partial charge in [-0.15, -0.1) is 0 Å². The fraction of sp³-hybridized carbons (Fsp3) is 0.786. The van der Waals surface area contributed by atoms with Crippen molar-refractivity contribution in [3.8, 4) is 0 Å². The van der Waals surface area contributed by atoms with Crippen LogP contribution in [0.4, 0.5) is 0 Å². The number of nitrogens with zero attached hydrogens (tertiary/aromatic N) is 2. The molecule has 1 N–H and O–H groups in total. The van der Waals surface area contributed by atoms with Crippen molar-refractivity contribution < 1.29 is 24.3 Å². The monoisotopic (exact) mass is 484 g/mol. The molecule has 35 heavy (non-hydrogen) atoms. The molecule has 4 aliphatic carbocycles. The SMILES string of the molecule is CC(=O)[C@@H]1CC[C@H]2[C@@H]3CCC4=CC(=NOCC(=O)N5CCC[C@@H]5C(=O)O)CC[C@]4(C)[C@H]3CC[C@]12C. The Balaban J connectivity index is 1.24. The Hall–Kier alpha value is -2.18. The number of amides is 1. The summed E-state index contributed by atoms with van der Waals surface area (Å²) in [6.45, 7) is 6.88. The third-order valence-corrected chi connectivity index (χ3v) is 10.7. The lowest BCUT2D eigenvalue weighted by Crippen LogP contribution is -2.51. The number of carbonyl (C=O) groups is 3. The van der Waals surface area contributed by atoms with Crippen LogP contribution >= 0.6 is 0 Å². The van der Waals surface area contributed by atoms with Gasteiger partial charge in [-0.05, 0) is 106 Å². The van der Waals surface area contributed by atoms with Gasteiger partial charge in [0.05, 0.1) is 5.71 Å². The topological polar surface area (TPSA) is 96.3 Å². The van der Waals surface area contributed by atoms with Gasteiger partial charge in [0.2, 0.25) is 0 Å². The average molecular weight is 485 g/mol. The second kappa shape index (κ2) is 9.04. The number of aliphatic carboxylic acids is 1. The van der Waals surface area contributed by atoms with Gasteiger partial charge in [-0.1, -0.05) is 24.6 Å². The molecule has 7 atom stereocenters. The van der Waals surface area contributed by atoms with Crippen LogP contribution in [0.2, 0.25) is 0 Å². The summed E-state index contributed by atoms with van der Waals surface area (Å²) >= 11 is 0. The van der Waals surface area contributed by atoms with Crippen LogP contribution in [0.15, 0.2) is 16.8 Å². The van der Waals surface area contributed by atoms with E-state index in [0.29, 0.717) is 42.9 Å². The highest BCUT2D eigenvalue weighted by molar-refractivity contribution is 5.96. The minimum Gasteiger partial charge on any atom is -0.480 e. The number of ketones is 1. The summed E-state index contributed by atoms with van der Waals surface area (Å²) in [4.78, 5) is 43.0. The van der Waals surface area contributed by atoms with E-state index < -0.39 is 12.0 Å². The van der Waals surface area contributed by atoms with Gasteiger partial charge >= 0.3 is 5.97 Å². The third-order valence-electron chi connectivity index (χ3n) is 10.7. The molecule has 1 amide bonds. The number of allylic oxidation sites excluding steroid dienone is 2. The van der Waals surface area contributed by atoms with Crippen molar-refractivity contribution >= 4 is 23.4 Å². The molecule has 0 aromatic heterocycles. The number of hydrogen-bond donors (Lipinski definition) is 1. The minimum atomic E-state index is -0.952. The number of oxime groups is 1. The summed E-state index contributed by atoms with van der Waals surface area (Å²) in [5, 5.41) is 13.6. The second-order valence-corrected chi connectivity index (χ2v) is 12.2. The van der Waals surface area contributed by atoms with Gasteiger partial charge < -0.3 is 14.8 Å². The molecule has 192 valence electrons. The lowest BCUT2D eigenvalue weighted by molar-refractivity contribution is -0.150. The van der Waals surface area contributed by atoms with Gasteiger partial charge in [-0.2, -0.15) is 0 Å². The van der Waals surface area contributed by atoms with Gasteiger partial charge in [-0.25, -0.2) is 4.79 Å². The van der Waals surface area contributed by atoms with E-state index in [9.17, 15) is 19.5 Å². The van der Waals surface area contributed by atoms with E-state index in [4.69, 9.17) is 4.84 Å². The molecular formula is C28H40N2O5. The number of carboxylic acids is 1. The van der Waals surface area contributed by atoms with Gasteiger partial charge in [0.1, 0.15) is 11.8 Å². The second-order valence-electron chi connectivity index (χ2n) is 12.2.